The van der Waals surface area contributed by atoms with Crippen LogP contribution < -0.4 is 5.32 Å². The number of nitrogens with zero attached hydrogens (tertiary/aromatic N) is 1. The topological polar surface area (TPSA) is 67.9 Å². The zero-order chi connectivity index (χ0) is 19.7. The Balaban J connectivity index is 1.55. The Hall–Kier alpha value is -2.57. The molecule has 1 aromatic carbocycles. The lowest BCUT2D eigenvalue weighted by atomic mass is 10.0. The molecule has 1 N–H and O–H groups in total. The molecule has 1 fully saturated rings. The number of aryl methyl sites for hydroxylation is 3. The van der Waals surface area contributed by atoms with Crippen LogP contribution in [0, 0.1) is 20.8 Å². The summed E-state index contributed by atoms with van der Waals surface area (Å²) in [6, 6.07) is 7.88. The van der Waals surface area contributed by atoms with E-state index in [1.54, 1.807) is 6.26 Å². The van der Waals surface area contributed by atoms with Crippen LogP contribution in [0.3, 0.4) is 0 Å². The summed E-state index contributed by atoms with van der Waals surface area (Å²) in [6.07, 6.45) is 1.67. The highest BCUT2D eigenvalue weighted by molar-refractivity contribution is 6.00. The van der Waals surface area contributed by atoms with E-state index < -0.39 is 0 Å². The third-order valence-corrected chi connectivity index (χ3v) is 5.39. The van der Waals surface area contributed by atoms with Crippen molar-refractivity contribution in [3.8, 4) is 0 Å². The van der Waals surface area contributed by atoms with E-state index in [0.29, 0.717) is 25.5 Å². The molecular weight excluding hydrogens is 356 g/mol. The number of hydrogen-bond donors (Lipinski definition) is 1. The van der Waals surface area contributed by atoms with Crippen molar-refractivity contribution in [3.63, 3.8) is 0 Å². The van der Waals surface area contributed by atoms with Gasteiger partial charge in [0.25, 0.3) is 5.91 Å². The highest BCUT2D eigenvalue weighted by atomic mass is 16.5. The van der Waals surface area contributed by atoms with Crippen LogP contribution in [0.5, 0.6) is 0 Å². The van der Waals surface area contributed by atoms with Crippen LogP contribution in [0.4, 0.5) is 0 Å². The molecule has 1 aliphatic rings. The number of carbonyl (C=O) groups is 1. The molecule has 0 bridgehead atoms. The van der Waals surface area contributed by atoms with Gasteiger partial charge in [0.2, 0.25) is 0 Å². The second-order valence-corrected chi connectivity index (χ2v) is 7.40. The van der Waals surface area contributed by atoms with E-state index in [2.05, 4.69) is 16.3 Å². The van der Waals surface area contributed by atoms with Gasteiger partial charge in [-0.15, -0.1) is 0 Å². The number of benzene rings is 1. The van der Waals surface area contributed by atoms with Gasteiger partial charge in [-0.3, -0.25) is 9.69 Å². The standard InChI is InChI=1S/C22H26N2O4/c1-14-11-15(2)20-16(3)21(28-19(20)12-14)22(25)23-13-17(18-5-4-8-27-18)24-6-9-26-10-7-24/h4-5,8,11-12,17H,6-7,9-10,13H2,1-3H3,(H,23,25)/t17-/m1/s1. The van der Waals surface area contributed by atoms with Gasteiger partial charge in [0.05, 0.1) is 25.5 Å². The summed E-state index contributed by atoms with van der Waals surface area (Å²) < 4.78 is 17.0. The van der Waals surface area contributed by atoms with Crippen LogP contribution >= 0.6 is 0 Å². The normalized spacial score (nSPS) is 16.4. The van der Waals surface area contributed by atoms with Crippen molar-refractivity contribution in [1.82, 2.24) is 10.2 Å². The Morgan fingerprint density at radius 1 is 1.21 bits per heavy atom. The molecule has 6 heteroatoms. The fourth-order valence-electron chi connectivity index (χ4n) is 4.06. The van der Waals surface area contributed by atoms with Gasteiger partial charge in [-0.2, -0.15) is 0 Å². The predicted octanol–water partition coefficient (Wildman–Crippen LogP) is 3.75. The van der Waals surface area contributed by atoms with Crippen LogP contribution in [0.15, 0.2) is 39.4 Å². The minimum absolute atomic E-state index is 0.0310. The first-order valence-corrected chi connectivity index (χ1v) is 9.68. The summed E-state index contributed by atoms with van der Waals surface area (Å²) in [5, 5.41) is 4.07. The summed E-state index contributed by atoms with van der Waals surface area (Å²) in [5.74, 6) is 1.02. The zero-order valence-electron chi connectivity index (χ0n) is 16.6. The number of fused-ring (bicyclic) bond motifs is 1. The first-order valence-electron chi connectivity index (χ1n) is 9.68. The number of nitrogens with one attached hydrogen (secondary N) is 1. The van der Waals surface area contributed by atoms with E-state index in [1.165, 1.54) is 0 Å². The summed E-state index contributed by atoms with van der Waals surface area (Å²) in [4.78, 5) is 15.2. The largest absolute Gasteiger partial charge is 0.468 e. The smallest absolute Gasteiger partial charge is 0.287 e. The third kappa shape index (κ3) is 3.57. The lowest BCUT2D eigenvalue weighted by Gasteiger charge is -2.33. The van der Waals surface area contributed by atoms with Crippen LogP contribution in [0.25, 0.3) is 11.0 Å². The molecule has 3 heterocycles. The van der Waals surface area contributed by atoms with Crippen molar-refractivity contribution >= 4 is 16.9 Å². The first-order chi connectivity index (χ1) is 13.5. The second kappa shape index (κ2) is 7.81. The van der Waals surface area contributed by atoms with Gasteiger partial charge in [0.1, 0.15) is 11.3 Å². The maximum absolute atomic E-state index is 12.9. The summed E-state index contributed by atoms with van der Waals surface area (Å²) >= 11 is 0. The molecule has 1 amide bonds. The molecule has 1 aliphatic heterocycles. The van der Waals surface area contributed by atoms with Crippen molar-refractivity contribution in [2.45, 2.75) is 26.8 Å². The fraction of sp³-hybridized carbons (Fsp3) is 0.409. The van der Waals surface area contributed by atoms with Crippen LogP contribution in [0.2, 0.25) is 0 Å². The number of ether oxygens (including phenoxy) is 1. The highest BCUT2D eigenvalue weighted by Crippen LogP contribution is 2.29. The average molecular weight is 382 g/mol. The van der Waals surface area contributed by atoms with Crippen molar-refractivity contribution in [2.24, 2.45) is 0 Å². The van der Waals surface area contributed by atoms with Crippen LogP contribution in [-0.2, 0) is 4.74 Å². The lowest BCUT2D eigenvalue weighted by Crippen LogP contribution is -2.43. The number of amides is 1. The third-order valence-electron chi connectivity index (χ3n) is 5.39. The molecule has 0 unspecified atom stereocenters. The number of hydrogen-bond acceptors (Lipinski definition) is 5. The summed E-state index contributed by atoms with van der Waals surface area (Å²) in [7, 11) is 0. The molecule has 0 radical (unpaired) electrons. The Morgan fingerprint density at radius 2 is 2.00 bits per heavy atom. The van der Waals surface area contributed by atoms with E-state index in [4.69, 9.17) is 13.6 Å². The number of rotatable bonds is 5. The molecular formula is C22H26N2O4. The Labute approximate surface area is 164 Å². The molecule has 1 saturated heterocycles. The molecule has 4 rings (SSSR count). The Kier molecular flexibility index (Phi) is 5.24. The zero-order valence-corrected chi connectivity index (χ0v) is 16.6. The minimum atomic E-state index is -0.199. The SMILES string of the molecule is Cc1cc(C)c2c(C)c(C(=O)NC[C@H](c3ccco3)N3CCOCC3)oc2c1. The van der Waals surface area contributed by atoms with Crippen molar-refractivity contribution < 1.29 is 18.4 Å². The molecule has 0 spiro atoms. The van der Waals surface area contributed by atoms with Gasteiger partial charge in [0.15, 0.2) is 5.76 Å². The molecule has 0 saturated carbocycles. The van der Waals surface area contributed by atoms with Gasteiger partial charge < -0.3 is 18.9 Å². The molecule has 148 valence electrons. The molecule has 3 aromatic rings. The van der Waals surface area contributed by atoms with E-state index in [9.17, 15) is 4.79 Å². The monoisotopic (exact) mass is 382 g/mol. The number of morpholine rings is 1. The van der Waals surface area contributed by atoms with Gasteiger partial charge in [-0.05, 0) is 50.1 Å². The quantitative estimate of drug-likeness (QED) is 0.728. The van der Waals surface area contributed by atoms with Gasteiger partial charge >= 0.3 is 0 Å². The van der Waals surface area contributed by atoms with Crippen molar-refractivity contribution in [1.29, 1.82) is 0 Å². The van der Waals surface area contributed by atoms with Crippen LogP contribution in [-0.4, -0.2) is 43.7 Å². The maximum Gasteiger partial charge on any atom is 0.287 e. The average Bonchev–Trinajstić information content (AvgIpc) is 3.31. The van der Waals surface area contributed by atoms with Crippen molar-refractivity contribution in [3.05, 3.63) is 58.7 Å². The van der Waals surface area contributed by atoms with E-state index in [1.807, 2.05) is 39.0 Å². The summed E-state index contributed by atoms with van der Waals surface area (Å²) in [6.45, 7) is 9.45. The number of furan rings is 2. The summed E-state index contributed by atoms with van der Waals surface area (Å²) in [5.41, 5.74) is 3.88. The lowest BCUT2D eigenvalue weighted by molar-refractivity contribution is 0.0117. The van der Waals surface area contributed by atoms with E-state index in [0.717, 1.165) is 46.5 Å². The highest BCUT2D eigenvalue weighted by Gasteiger charge is 2.26. The van der Waals surface area contributed by atoms with Gasteiger partial charge in [0, 0.05) is 30.6 Å². The Morgan fingerprint density at radius 3 is 2.71 bits per heavy atom. The van der Waals surface area contributed by atoms with Gasteiger partial charge in [-0.1, -0.05) is 6.07 Å². The molecule has 1 atom stereocenters. The molecule has 0 aliphatic carbocycles. The minimum Gasteiger partial charge on any atom is -0.468 e. The molecule has 28 heavy (non-hydrogen) atoms. The van der Waals surface area contributed by atoms with Crippen LogP contribution in [0.1, 0.15) is 39.0 Å². The second-order valence-electron chi connectivity index (χ2n) is 7.40. The number of carbonyl (C=O) groups excluding carboxylic acids is 1. The first kappa shape index (κ1) is 18.8. The van der Waals surface area contributed by atoms with Gasteiger partial charge in [-0.25, -0.2) is 0 Å². The predicted molar refractivity (Wildman–Crippen MR) is 107 cm³/mol. The maximum atomic E-state index is 12.9. The molecule has 2 aromatic heterocycles. The van der Waals surface area contributed by atoms with Crippen molar-refractivity contribution in [2.75, 3.05) is 32.8 Å². The molecule has 6 nitrogen and oxygen atoms in total. The van der Waals surface area contributed by atoms with E-state index in [-0.39, 0.29) is 11.9 Å². The fourth-order valence-corrected chi connectivity index (χ4v) is 4.06. The Bertz CT molecular complexity index is 968. The van der Waals surface area contributed by atoms with E-state index >= 15 is 0 Å².